The molecule has 0 aromatic carbocycles. The lowest BCUT2D eigenvalue weighted by molar-refractivity contribution is 0.207. The molecule has 0 spiro atoms. The van der Waals surface area contributed by atoms with Crippen LogP contribution in [0.1, 0.15) is 46.0 Å². The molecule has 0 bridgehead atoms. The largest absolute Gasteiger partial charge is 0.322 e. The van der Waals surface area contributed by atoms with Crippen LogP contribution in [0.3, 0.4) is 0 Å². The van der Waals surface area contributed by atoms with Crippen molar-refractivity contribution in [3.8, 4) is 6.07 Å². The maximum atomic E-state index is 8.33. The second kappa shape index (κ2) is 11.3. The SMILES string of the molecule is CCCCC(CC)COP(N)OCCC#N. The first-order valence-electron chi connectivity index (χ1n) is 5.92. The number of hydrogen-bond acceptors (Lipinski definition) is 4. The van der Waals surface area contributed by atoms with Crippen LogP contribution in [0.2, 0.25) is 0 Å². The van der Waals surface area contributed by atoms with Gasteiger partial charge in [-0.15, -0.1) is 0 Å². The second-order valence-electron chi connectivity index (χ2n) is 3.74. The van der Waals surface area contributed by atoms with Crippen LogP contribution in [0.4, 0.5) is 0 Å². The van der Waals surface area contributed by atoms with E-state index >= 15 is 0 Å². The smallest absolute Gasteiger partial charge is 0.252 e. The molecule has 0 aliphatic rings. The van der Waals surface area contributed by atoms with E-state index in [1.807, 2.05) is 6.07 Å². The van der Waals surface area contributed by atoms with Crippen LogP contribution in [-0.4, -0.2) is 13.2 Å². The normalized spacial score (nSPS) is 14.4. The summed E-state index contributed by atoms with van der Waals surface area (Å²) in [7, 11) is -1.30. The topological polar surface area (TPSA) is 68.3 Å². The molecule has 0 fully saturated rings. The quantitative estimate of drug-likeness (QED) is 0.474. The molecule has 0 saturated heterocycles. The average Bonchev–Trinajstić information content (AvgIpc) is 2.30. The number of unbranched alkanes of at least 4 members (excludes halogenated alkanes) is 1. The Labute approximate surface area is 100 Å². The summed E-state index contributed by atoms with van der Waals surface area (Å²) >= 11 is 0. The van der Waals surface area contributed by atoms with Gasteiger partial charge >= 0.3 is 0 Å². The molecule has 2 unspecified atom stereocenters. The van der Waals surface area contributed by atoms with E-state index in [4.69, 9.17) is 19.8 Å². The first-order valence-corrected chi connectivity index (χ1v) is 7.16. The van der Waals surface area contributed by atoms with Gasteiger partial charge in [-0.3, -0.25) is 5.50 Å². The number of nitrogens with zero attached hydrogens (tertiary/aromatic N) is 1. The van der Waals surface area contributed by atoms with E-state index in [0.717, 1.165) is 6.42 Å². The van der Waals surface area contributed by atoms with E-state index in [-0.39, 0.29) is 0 Å². The maximum Gasteiger partial charge on any atom is 0.252 e. The lowest BCUT2D eigenvalue weighted by atomic mass is 10.0. The first kappa shape index (κ1) is 15.8. The summed E-state index contributed by atoms with van der Waals surface area (Å²) in [6, 6.07) is 2.00. The second-order valence-corrected chi connectivity index (χ2v) is 4.83. The summed E-state index contributed by atoms with van der Waals surface area (Å²) in [4.78, 5) is 0. The number of hydrogen-bond donors (Lipinski definition) is 1. The summed E-state index contributed by atoms with van der Waals surface area (Å²) in [5.41, 5.74) is 5.66. The third kappa shape index (κ3) is 9.06. The van der Waals surface area contributed by atoms with Gasteiger partial charge in [0, 0.05) is 0 Å². The molecule has 0 amide bonds. The van der Waals surface area contributed by atoms with Crippen molar-refractivity contribution in [2.75, 3.05) is 13.2 Å². The predicted octanol–water partition coefficient (Wildman–Crippen LogP) is 3.34. The standard InChI is InChI=1S/C11H23N2O2P/c1-3-5-7-11(4-2)10-15-16(13)14-9-6-8-12/h11H,3-7,9-10,13H2,1-2H3. The van der Waals surface area contributed by atoms with E-state index in [1.165, 1.54) is 19.3 Å². The molecule has 0 saturated carbocycles. The van der Waals surface area contributed by atoms with Gasteiger partial charge in [-0.05, 0) is 12.3 Å². The zero-order valence-electron chi connectivity index (χ0n) is 10.3. The maximum absolute atomic E-state index is 8.33. The molecule has 2 N–H and O–H groups in total. The Hall–Kier alpha value is -0.200. The highest BCUT2D eigenvalue weighted by atomic mass is 31.2. The molecule has 94 valence electrons. The van der Waals surface area contributed by atoms with Gasteiger partial charge in [-0.2, -0.15) is 5.26 Å². The van der Waals surface area contributed by atoms with E-state index < -0.39 is 8.53 Å². The Morgan fingerprint density at radius 3 is 2.69 bits per heavy atom. The molecule has 5 heteroatoms. The molecule has 0 heterocycles. The lowest BCUT2D eigenvalue weighted by Crippen LogP contribution is -2.10. The molecule has 0 radical (unpaired) electrons. The zero-order valence-corrected chi connectivity index (χ0v) is 11.2. The van der Waals surface area contributed by atoms with Gasteiger partial charge in [-0.25, -0.2) is 0 Å². The first-order chi connectivity index (χ1) is 7.74. The Morgan fingerprint density at radius 2 is 2.12 bits per heavy atom. The fourth-order valence-electron chi connectivity index (χ4n) is 1.30. The molecule has 0 aliphatic heterocycles. The van der Waals surface area contributed by atoms with Crippen molar-refractivity contribution in [3.05, 3.63) is 0 Å². The highest BCUT2D eigenvalue weighted by molar-refractivity contribution is 7.44. The third-order valence-corrected chi connectivity index (χ3v) is 3.25. The highest BCUT2D eigenvalue weighted by Crippen LogP contribution is 2.30. The zero-order chi connectivity index (χ0) is 12.2. The van der Waals surface area contributed by atoms with Gasteiger partial charge < -0.3 is 9.05 Å². The van der Waals surface area contributed by atoms with Crippen molar-refractivity contribution in [2.24, 2.45) is 11.4 Å². The molecular formula is C11H23N2O2P. The van der Waals surface area contributed by atoms with Crippen LogP contribution in [0, 0.1) is 17.2 Å². The van der Waals surface area contributed by atoms with Crippen LogP contribution in [0.25, 0.3) is 0 Å². The van der Waals surface area contributed by atoms with Crippen LogP contribution < -0.4 is 5.50 Å². The Balaban J connectivity index is 3.54. The summed E-state index contributed by atoms with van der Waals surface area (Å²) in [5.74, 6) is 0.577. The van der Waals surface area contributed by atoms with Crippen LogP contribution in [0.5, 0.6) is 0 Å². The van der Waals surface area contributed by atoms with Crippen molar-refractivity contribution >= 4 is 8.53 Å². The van der Waals surface area contributed by atoms with Gasteiger partial charge in [0.15, 0.2) is 0 Å². The Morgan fingerprint density at radius 1 is 1.38 bits per heavy atom. The van der Waals surface area contributed by atoms with E-state index in [2.05, 4.69) is 13.8 Å². The molecule has 2 atom stereocenters. The Bertz CT molecular complexity index is 197. The molecular weight excluding hydrogens is 223 g/mol. The van der Waals surface area contributed by atoms with E-state index in [1.54, 1.807) is 0 Å². The van der Waals surface area contributed by atoms with Crippen LogP contribution >= 0.6 is 8.53 Å². The van der Waals surface area contributed by atoms with E-state index in [0.29, 0.717) is 25.6 Å². The Kier molecular flexibility index (Phi) is 11.1. The molecule has 0 aliphatic carbocycles. The van der Waals surface area contributed by atoms with Crippen molar-refractivity contribution in [2.45, 2.75) is 46.0 Å². The van der Waals surface area contributed by atoms with Crippen LogP contribution in [-0.2, 0) is 9.05 Å². The highest BCUT2D eigenvalue weighted by Gasteiger charge is 2.10. The molecule has 4 nitrogen and oxygen atoms in total. The fraction of sp³-hybridized carbons (Fsp3) is 0.909. The van der Waals surface area contributed by atoms with Crippen LogP contribution in [0.15, 0.2) is 0 Å². The monoisotopic (exact) mass is 246 g/mol. The summed E-state index contributed by atoms with van der Waals surface area (Å²) in [6.45, 7) is 5.39. The molecule has 0 aromatic rings. The fourth-order valence-corrected chi connectivity index (χ4v) is 2.00. The third-order valence-electron chi connectivity index (χ3n) is 2.41. The minimum atomic E-state index is -1.30. The minimum absolute atomic E-state index is 0.366. The predicted molar refractivity (Wildman–Crippen MR) is 66.5 cm³/mol. The number of nitriles is 1. The van der Waals surface area contributed by atoms with E-state index in [9.17, 15) is 0 Å². The summed E-state index contributed by atoms with van der Waals surface area (Å²) in [5, 5.41) is 8.33. The van der Waals surface area contributed by atoms with Gasteiger partial charge in [-0.1, -0.05) is 33.1 Å². The van der Waals surface area contributed by atoms with Crippen molar-refractivity contribution < 1.29 is 9.05 Å². The van der Waals surface area contributed by atoms with Crippen molar-refractivity contribution in [1.82, 2.24) is 0 Å². The van der Waals surface area contributed by atoms with Gasteiger partial charge in [0.25, 0.3) is 8.53 Å². The molecule has 0 aromatic heterocycles. The minimum Gasteiger partial charge on any atom is -0.322 e. The summed E-state index contributed by atoms with van der Waals surface area (Å²) in [6.07, 6.45) is 5.12. The summed E-state index contributed by atoms with van der Waals surface area (Å²) < 4.78 is 10.6. The van der Waals surface area contributed by atoms with Gasteiger partial charge in [0.05, 0.1) is 25.7 Å². The van der Waals surface area contributed by atoms with Gasteiger partial charge in [0.2, 0.25) is 0 Å². The molecule has 16 heavy (non-hydrogen) atoms. The number of nitrogens with two attached hydrogens (primary N) is 1. The van der Waals surface area contributed by atoms with Crippen molar-refractivity contribution in [3.63, 3.8) is 0 Å². The average molecular weight is 246 g/mol. The molecule has 0 rings (SSSR count). The number of rotatable bonds is 10. The van der Waals surface area contributed by atoms with Crippen molar-refractivity contribution in [1.29, 1.82) is 5.26 Å². The lowest BCUT2D eigenvalue weighted by Gasteiger charge is -2.17. The van der Waals surface area contributed by atoms with Gasteiger partial charge in [0.1, 0.15) is 0 Å².